The molecule has 2 aromatic carbocycles. The van der Waals surface area contributed by atoms with E-state index in [0.717, 1.165) is 40.7 Å². The molecular formula is C22H24N4O2. The van der Waals surface area contributed by atoms with Crippen molar-refractivity contribution in [1.29, 1.82) is 0 Å². The van der Waals surface area contributed by atoms with Gasteiger partial charge in [-0.3, -0.25) is 14.2 Å². The Balaban J connectivity index is 1.83. The second kappa shape index (κ2) is 7.58. The van der Waals surface area contributed by atoms with Crippen molar-refractivity contribution in [3.05, 3.63) is 65.4 Å². The van der Waals surface area contributed by atoms with Gasteiger partial charge in [0.25, 0.3) is 0 Å². The fourth-order valence-corrected chi connectivity index (χ4v) is 3.83. The minimum absolute atomic E-state index is 0.0248. The number of anilines is 1. The van der Waals surface area contributed by atoms with Crippen LogP contribution in [0.5, 0.6) is 0 Å². The number of fused-ring (bicyclic) bond motifs is 3. The first-order valence-corrected chi connectivity index (χ1v) is 9.55. The average Bonchev–Trinajstić information content (AvgIpc) is 3.04. The van der Waals surface area contributed by atoms with Gasteiger partial charge in [0.1, 0.15) is 0 Å². The van der Waals surface area contributed by atoms with E-state index < -0.39 is 6.04 Å². The first-order chi connectivity index (χ1) is 13.6. The van der Waals surface area contributed by atoms with Crippen molar-refractivity contribution in [2.75, 3.05) is 11.9 Å². The molecule has 1 atom stereocenters. The summed E-state index contributed by atoms with van der Waals surface area (Å²) < 4.78 is 1.81. The Kier molecular flexibility index (Phi) is 4.98. The number of rotatable bonds is 4. The van der Waals surface area contributed by atoms with Crippen molar-refractivity contribution in [2.24, 2.45) is 5.73 Å². The minimum Gasteiger partial charge on any atom is -0.324 e. The Labute approximate surface area is 163 Å². The standard InChI is InChI=1S/C22H24N4O2/c1-14(23)22(28)25-17-8-5-9-18-21(17)16-10-11-24-13-19(16)26(18)20(27)12-15-6-3-2-4-7-15/h2-9,14,24H,10-13,23H2,1H3,(H,25,28). The lowest BCUT2D eigenvalue weighted by molar-refractivity contribution is -0.117. The van der Waals surface area contributed by atoms with E-state index in [4.69, 9.17) is 5.73 Å². The van der Waals surface area contributed by atoms with Crippen LogP contribution in [-0.2, 0) is 24.2 Å². The largest absolute Gasteiger partial charge is 0.324 e. The van der Waals surface area contributed by atoms with Crippen molar-refractivity contribution in [1.82, 2.24) is 9.88 Å². The maximum Gasteiger partial charge on any atom is 0.241 e. The number of aromatic nitrogens is 1. The second-order valence-electron chi connectivity index (χ2n) is 7.22. The Morgan fingerprint density at radius 2 is 1.96 bits per heavy atom. The molecule has 6 nitrogen and oxygen atoms in total. The molecule has 0 saturated heterocycles. The quantitative estimate of drug-likeness (QED) is 0.653. The fraction of sp³-hybridized carbons (Fsp3) is 0.273. The van der Waals surface area contributed by atoms with Crippen molar-refractivity contribution in [2.45, 2.75) is 32.4 Å². The third-order valence-electron chi connectivity index (χ3n) is 5.17. The van der Waals surface area contributed by atoms with E-state index in [1.54, 1.807) is 6.92 Å². The molecule has 0 radical (unpaired) electrons. The highest BCUT2D eigenvalue weighted by Crippen LogP contribution is 2.34. The second-order valence-corrected chi connectivity index (χ2v) is 7.22. The fourth-order valence-electron chi connectivity index (χ4n) is 3.83. The smallest absolute Gasteiger partial charge is 0.241 e. The van der Waals surface area contributed by atoms with Crippen LogP contribution in [-0.4, -0.2) is 29.0 Å². The highest BCUT2D eigenvalue weighted by atomic mass is 16.2. The lowest BCUT2D eigenvalue weighted by atomic mass is 10.0. The molecule has 1 unspecified atom stereocenters. The van der Waals surface area contributed by atoms with Crippen LogP contribution in [0.2, 0.25) is 0 Å². The number of carbonyl (C=O) groups is 2. The van der Waals surface area contributed by atoms with Crippen LogP contribution in [0, 0.1) is 0 Å². The Morgan fingerprint density at radius 3 is 2.71 bits per heavy atom. The molecule has 6 heteroatoms. The van der Waals surface area contributed by atoms with Crippen LogP contribution in [0.15, 0.2) is 48.5 Å². The zero-order chi connectivity index (χ0) is 19.7. The van der Waals surface area contributed by atoms with E-state index in [0.29, 0.717) is 18.7 Å². The third kappa shape index (κ3) is 3.32. The van der Waals surface area contributed by atoms with E-state index in [-0.39, 0.29) is 11.8 Å². The number of benzene rings is 2. The van der Waals surface area contributed by atoms with E-state index in [1.807, 2.05) is 53.1 Å². The summed E-state index contributed by atoms with van der Waals surface area (Å²) in [7, 11) is 0. The Morgan fingerprint density at radius 1 is 1.18 bits per heavy atom. The summed E-state index contributed by atoms with van der Waals surface area (Å²) in [6.45, 7) is 3.13. The third-order valence-corrected chi connectivity index (χ3v) is 5.17. The van der Waals surface area contributed by atoms with E-state index >= 15 is 0 Å². The molecule has 4 rings (SSSR count). The van der Waals surface area contributed by atoms with Gasteiger partial charge in [0, 0.05) is 17.6 Å². The maximum absolute atomic E-state index is 13.2. The van der Waals surface area contributed by atoms with Gasteiger partial charge in [0.15, 0.2) is 0 Å². The van der Waals surface area contributed by atoms with Crippen molar-refractivity contribution in [3.63, 3.8) is 0 Å². The number of amides is 1. The summed E-state index contributed by atoms with van der Waals surface area (Å²) in [6.07, 6.45) is 1.13. The lowest BCUT2D eigenvalue weighted by Crippen LogP contribution is -2.32. The molecule has 0 fully saturated rings. The molecule has 0 bridgehead atoms. The summed E-state index contributed by atoms with van der Waals surface area (Å²) in [6, 6.07) is 14.8. The van der Waals surface area contributed by atoms with Gasteiger partial charge in [-0.25, -0.2) is 0 Å². The number of nitrogens with two attached hydrogens (primary N) is 1. The van der Waals surface area contributed by atoms with Gasteiger partial charge in [0.2, 0.25) is 11.8 Å². The van der Waals surface area contributed by atoms with E-state index in [2.05, 4.69) is 10.6 Å². The van der Waals surface area contributed by atoms with Gasteiger partial charge in [-0.05, 0) is 43.1 Å². The average molecular weight is 376 g/mol. The molecule has 1 aromatic heterocycles. The summed E-state index contributed by atoms with van der Waals surface area (Å²) in [5.41, 5.74) is 10.3. The van der Waals surface area contributed by atoms with Crippen molar-refractivity contribution < 1.29 is 9.59 Å². The minimum atomic E-state index is -0.602. The molecule has 0 aliphatic carbocycles. The monoisotopic (exact) mass is 376 g/mol. The maximum atomic E-state index is 13.2. The first kappa shape index (κ1) is 18.4. The van der Waals surface area contributed by atoms with Gasteiger partial charge in [0.05, 0.1) is 23.7 Å². The molecule has 1 amide bonds. The summed E-state index contributed by atoms with van der Waals surface area (Å²) in [5, 5.41) is 7.23. The van der Waals surface area contributed by atoms with E-state index in [1.165, 1.54) is 0 Å². The highest BCUT2D eigenvalue weighted by Gasteiger charge is 2.25. The molecule has 2 heterocycles. The number of nitrogens with one attached hydrogen (secondary N) is 2. The molecule has 3 aromatic rings. The van der Waals surface area contributed by atoms with Crippen LogP contribution in [0.25, 0.3) is 10.9 Å². The summed E-state index contributed by atoms with van der Waals surface area (Å²) in [5.74, 6) is -0.213. The van der Waals surface area contributed by atoms with Crippen LogP contribution in [0.4, 0.5) is 5.69 Å². The predicted octanol–water partition coefficient (Wildman–Crippen LogP) is 2.46. The number of nitrogens with zero attached hydrogens (tertiary/aromatic N) is 1. The van der Waals surface area contributed by atoms with E-state index in [9.17, 15) is 9.59 Å². The van der Waals surface area contributed by atoms with Gasteiger partial charge in [-0.1, -0.05) is 36.4 Å². The summed E-state index contributed by atoms with van der Waals surface area (Å²) >= 11 is 0. The number of hydrogen-bond acceptors (Lipinski definition) is 4. The molecule has 4 N–H and O–H groups in total. The predicted molar refractivity (Wildman–Crippen MR) is 110 cm³/mol. The van der Waals surface area contributed by atoms with Gasteiger partial charge in [-0.15, -0.1) is 0 Å². The topological polar surface area (TPSA) is 89.2 Å². The molecule has 1 aliphatic rings. The van der Waals surface area contributed by atoms with Crippen LogP contribution < -0.4 is 16.4 Å². The lowest BCUT2D eigenvalue weighted by Gasteiger charge is -2.16. The molecule has 0 saturated carbocycles. The van der Waals surface area contributed by atoms with Crippen molar-refractivity contribution in [3.8, 4) is 0 Å². The van der Waals surface area contributed by atoms with Crippen LogP contribution >= 0.6 is 0 Å². The Hall–Kier alpha value is -2.96. The SMILES string of the molecule is CC(N)C(=O)Nc1cccc2c1c1c(n2C(=O)Cc2ccccc2)CNCC1. The highest BCUT2D eigenvalue weighted by molar-refractivity contribution is 6.07. The van der Waals surface area contributed by atoms with Gasteiger partial charge < -0.3 is 16.4 Å². The molecule has 1 aliphatic heterocycles. The molecular weight excluding hydrogens is 352 g/mol. The Bertz CT molecular complexity index is 1040. The summed E-state index contributed by atoms with van der Waals surface area (Å²) in [4.78, 5) is 25.4. The molecule has 144 valence electrons. The molecule has 28 heavy (non-hydrogen) atoms. The number of carbonyl (C=O) groups excluding carboxylic acids is 2. The zero-order valence-electron chi connectivity index (χ0n) is 15.9. The normalized spacial score (nSPS) is 14.5. The van der Waals surface area contributed by atoms with Gasteiger partial charge in [-0.2, -0.15) is 0 Å². The first-order valence-electron chi connectivity index (χ1n) is 9.55. The van der Waals surface area contributed by atoms with Gasteiger partial charge >= 0.3 is 0 Å². The van der Waals surface area contributed by atoms with Crippen LogP contribution in [0.3, 0.4) is 0 Å². The zero-order valence-corrected chi connectivity index (χ0v) is 15.9. The molecule has 0 spiro atoms. The number of hydrogen-bond donors (Lipinski definition) is 3. The van der Waals surface area contributed by atoms with Crippen molar-refractivity contribution >= 4 is 28.4 Å². The van der Waals surface area contributed by atoms with Crippen LogP contribution in [0.1, 0.15) is 28.5 Å².